The van der Waals surface area contributed by atoms with Crippen LogP contribution in [0, 0.1) is 13.8 Å². The van der Waals surface area contributed by atoms with Crippen molar-refractivity contribution in [2.45, 2.75) is 18.7 Å². The molecule has 0 saturated carbocycles. The van der Waals surface area contributed by atoms with Crippen LogP contribution in [0.2, 0.25) is 0 Å². The second kappa shape index (κ2) is 8.78. The number of fused-ring (bicyclic) bond motifs is 2. The molecule has 7 nitrogen and oxygen atoms in total. The number of ether oxygens (including phenoxy) is 1. The maximum atomic E-state index is 14.0. The average molecular weight is 488 g/mol. The Morgan fingerprint density at radius 3 is 2.51 bits per heavy atom. The fourth-order valence-corrected chi connectivity index (χ4v) is 6.09. The van der Waals surface area contributed by atoms with Crippen molar-refractivity contribution in [3.63, 3.8) is 0 Å². The molecule has 3 amide bonds. The summed E-state index contributed by atoms with van der Waals surface area (Å²) in [7, 11) is 1.57. The molecular weight excluding hydrogens is 462 g/mol. The number of para-hydroxylation sites is 1. The van der Waals surface area contributed by atoms with Crippen LogP contribution in [-0.4, -0.2) is 37.1 Å². The molecule has 3 aromatic rings. The summed E-state index contributed by atoms with van der Waals surface area (Å²) in [4.78, 5) is 42.0. The van der Waals surface area contributed by atoms with Gasteiger partial charge < -0.3 is 10.1 Å². The Morgan fingerprint density at radius 2 is 1.80 bits per heavy atom. The maximum Gasteiger partial charge on any atom is 0.269 e. The number of hydrogen-bond donors (Lipinski definition) is 1. The van der Waals surface area contributed by atoms with Crippen molar-refractivity contribution in [1.29, 1.82) is 0 Å². The van der Waals surface area contributed by atoms with Gasteiger partial charge in [-0.15, -0.1) is 11.8 Å². The number of rotatable bonds is 5. The Hall–Kier alpha value is -3.78. The molecule has 1 fully saturated rings. The predicted molar refractivity (Wildman–Crippen MR) is 138 cm³/mol. The number of carbonyl (C=O) groups is 3. The molecule has 0 unspecified atom stereocenters. The standard InChI is InChI=1S/C27H25N3O4S/c1-17-8-13-22(18(2)14-17)28-24(31)15-29-23-7-5-4-6-21(23)27(26(29)33)30(25(32)16-35-27)19-9-11-20(34-3)12-10-19/h4-14H,15-16H2,1-3H3,(H,28,31)/t27-/m0/s1. The summed E-state index contributed by atoms with van der Waals surface area (Å²) >= 11 is 1.29. The highest BCUT2D eigenvalue weighted by molar-refractivity contribution is 8.02. The number of nitrogens with one attached hydrogen (secondary N) is 1. The van der Waals surface area contributed by atoms with Crippen molar-refractivity contribution >= 4 is 46.5 Å². The molecule has 1 N–H and O–H groups in total. The largest absolute Gasteiger partial charge is 0.497 e. The molecule has 1 saturated heterocycles. The molecule has 2 heterocycles. The van der Waals surface area contributed by atoms with Gasteiger partial charge in [0.1, 0.15) is 12.3 Å². The van der Waals surface area contributed by atoms with Gasteiger partial charge in [0.15, 0.2) is 0 Å². The zero-order valence-electron chi connectivity index (χ0n) is 19.7. The summed E-state index contributed by atoms with van der Waals surface area (Å²) < 4.78 is 5.25. The number of amides is 3. The van der Waals surface area contributed by atoms with Gasteiger partial charge in [-0.25, -0.2) is 0 Å². The van der Waals surface area contributed by atoms with Crippen LogP contribution < -0.4 is 19.9 Å². The highest BCUT2D eigenvalue weighted by Gasteiger charge is 2.61. The van der Waals surface area contributed by atoms with Gasteiger partial charge in [0.25, 0.3) is 5.91 Å². The van der Waals surface area contributed by atoms with E-state index in [9.17, 15) is 14.4 Å². The second-order valence-corrected chi connectivity index (χ2v) is 9.80. The molecular formula is C27H25N3O4S. The van der Waals surface area contributed by atoms with Gasteiger partial charge in [-0.05, 0) is 55.8 Å². The van der Waals surface area contributed by atoms with E-state index in [2.05, 4.69) is 5.32 Å². The van der Waals surface area contributed by atoms with Gasteiger partial charge >= 0.3 is 0 Å². The normalized spacial score (nSPS) is 18.8. The molecule has 8 heteroatoms. The lowest BCUT2D eigenvalue weighted by atomic mass is 10.0. The first-order valence-electron chi connectivity index (χ1n) is 11.2. The van der Waals surface area contributed by atoms with E-state index < -0.39 is 4.87 Å². The summed E-state index contributed by atoms with van der Waals surface area (Å²) in [5.41, 5.74) is 4.70. The number of carbonyl (C=O) groups excluding carboxylic acids is 3. The minimum Gasteiger partial charge on any atom is -0.497 e. The summed E-state index contributed by atoms with van der Waals surface area (Å²) in [6.45, 7) is 3.77. The Balaban J connectivity index is 1.50. The third-order valence-electron chi connectivity index (χ3n) is 6.35. The Labute approximate surface area is 208 Å². The first-order valence-corrected chi connectivity index (χ1v) is 12.2. The third kappa shape index (κ3) is 3.74. The quantitative estimate of drug-likeness (QED) is 0.583. The fraction of sp³-hybridized carbons (Fsp3) is 0.222. The molecule has 178 valence electrons. The summed E-state index contributed by atoms with van der Waals surface area (Å²) in [6.07, 6.45) is 0. The van der Waals surface area contributed by atoms with Crippen molar-refractivity contribution in [2.75, 3.05) is 34.5 Å². The molecule has 0 radical (unpaired) electrons. The number of thioether (sulfide) groups is 1. The molecule has 2 aliphatic rings. The Kier molecular flexibility index (Phi) is 5.76. The average Bonchev–Trinajstić information content (AvgIpc) is 3.32. The van der Waals surface area contributed by atoms with Crippen molar-refractivity contribution in [3.8, 4) is 5.75 Å². The monoisotopic (exact) mass is 487 g/mol. The number of hydrogen-bond acceptors (Lipinski definition) is 5. The van der Waals surface area contributed by atoms with E-state index in [0.29, 0.717) is 28.4 Å². The van der Waals surface area contributed by atoms with Crippen LogP contribution >= 0.6 is 11.8 Å². The molecule has 5 rings (SSSR count). The van der Waals surface area contributed by atoms with Crippen molar-refractivity contribution in [3.05, 3.63) is 83.4 Å². The van der Waals surface area contributed by atoms with Crippen LogP contribution in [0.1, 0.15) is 16.7 Å². The van der Waals surface area contributed by atoms with Crippen LogP contribution in [-0.2, 0) is 19.3 Å². The predicted octanol–water partition coefficient (Wildman–Crippen LogP) is 4.23. The Bertz CT molecular complexity index is 1340. The van der Waals surface area contributed by atoms with Crippen LogP contribution in [0.3, 0.4) is 0 Å². The lowest BCUT2D eigenvalue weighted by molar-refractivity contribution is -0.124. The van der Waals surface area contributed by atoms with E-state index in [1.54, 1.807) is 36.3 Å². The zero-order valence-corrected chi connectivity index (χ0v) is 20.5. The summed E-state index contributed by atoms with van der Waals surface area (Å²) in [6, 6.07) is 20.2. The van der Waals surface area contributed by atoms with Crippen LogP contribution in [0.25, 0.3) is 0 Å². The van der Waals surface area contributed by atoms with E-state index in [1.807, 2.05) is 56.3 Å². The Morgan fingerprint density at radius 1 is 1.06 bits per heavy atom. The molecule has 0 bridgehead atoms. The van der Waals surface area contributed by atoms with Gasteiger partial charge in [-0.2, -0.15) is 0 Å². The zero-order chi connectivity index (χ0) is 24.7. The number of aryl methyl sites for hydroxylation is 2. The van der Waals surface area contributed by atoms with Crippen molar-refractivity contribution in [2.24, 2.45) is 0 Å². The minimum atomic E-state index is -1.26. The number of benzene rings is 3. The first kappa shape index (κ1) is 23.0. The SMILES string of the molecule is COc1ccc(N2C(=O)CS[C@@]23C(=O)N(CC(=O)Nc2ccc(C)cc2C)c2ccccc23)cc1. The fourth-order valence-electron chi connectivity index (χ4n) is 4.73. The van der Waals surface area contributed by atoms with E-state index in [4.69, 9.17) is 4.74 Å². The van der Waals surface area contributed by atoms with Crippen LogP contribution in [0.15, 0.2) is 66.7 Å². The molecule has 0 aliphatic carbocycles. The van der Waals surface area contributed by atoms with Gasteiger partial charge in [0.2, 0.25) is 16.7 Å². The lowest BCUT2D eigenvalue weighted by Crippen LogP contribution is -2.50. The highest BCUT2D eigenvalue weighted by Crippen LogP contribution is 2.55. The van der Waals surface area contributed by atoms with Gasteiger partial charge in [0.05, 0.1) is 18.6 Å². The second-order valence-electron chi connectivity index (χ2n) is 8.63. The van der Waals surface area contributed by atoms with Crippen LogP contribution in [0.5, 0.6) is 5.75 Å². The summed E-state index contributed by atoms with van der Waals surface area (Å²) in [5.74, 6) is 0.0489. The van der Waals surface area contributed by atoms with E-state index in [0.717, 1.165) is 11.1 Å². The van der Waals surface area contributed by atoms with Gasteiger partial charge in [0, 0.05) is 16.9 Å². The highest BCUT2D eigenvalue weighted by atomic mass is 32.2. The molecule has 0 aromatic heterocycles. The minimum absolute atomic E-state index is 0.157. The number of nitrogens with zero attached hydrogens (tertiary/aromatic N) is 2. The smallest absolute Gasteiger partial charge is 0.269 e. The van der Waals surface area contributed by atoms with Gasteiger partial charge in [-0.1, -0.05) is 35.9 Å². The van der Waals surface area contributed by atoms with Crippen molar-refractivity contribution in [1.82, 2.24) is 0 Å². The third-order valence-corrected chi connectivity index (χ3v) is 7.74. The summed E-state index contributed by atoms with van der Waals surface area (Å²) in [5, 5.41) is 2.92. The van der Waals surface area contributed by atoms with Gasteiger partial charge in [-0.3, -0.25) is 24.2 Å². The molecule has 1 atom stereocenters. The van der Waals surface area contributed by atoms with E-state index in [1.165, 1.54) is 16.7 Å². The van der Waals surface area contributed by atoms with E-state index >= 15 is 0 Å². The molecule has 3 aromatic carbocycles. The maximum absolute atomic E-state index is 14.0. The number of anilines is 3. The van der Waals surface area contributed by atoms with Crippen molar-refractivity contribution < 1.29 is 19.1 Å². The molecule has 1 spiro atoms. The first-order chi connectivity index (χ1) is 16.8. The molecule has 2 aliphatic heterocycles. The molecule has 35 heavy (non-hydrogen) atoms. The van der Waals surface area contributed by atoms with E-state index in [-0.39, 0.29) is 30.0 Å². The lowest BCUT2D eigenvalue weighted by Gasteiger charge is -2.33. The topological polar surface area (TPSA) is 79.0 Å². The van der Waals surface area contributed by atoms with Crippen LogP contribution in [0.4, 0.5) is 17.1 Å². The number of methoxy groups -OCH3 is 1.